The molecule has 0 saturated carbocycles. The van der Waals surface area contributed by atoms with Gasteiger partial charge in [0.05, 0.1) is 30.6 Å². The van der Waals surface area contributed by atoms with E-state index in [4.69, 9.17) is 9.47 Å². The van der Waals surface area contributed by atoms with Crippen LogP contribution in [0.25, 0.3) is 0 Å². The lowest BCUT2D eigenvalue weighted by Gasteiger charge is -2.10. The molecule has 0 amide bonds. The highest BCUT2D eigenvalue weighted by Gasteiger charge is 2.20. The SMILES string of the molecule is CCOC(=O)c1cc(C)sc1NS(=O)(=O)CCOC(C)C. The summed E-state index contributed by atoms with van der Waals surface area (Å²) in [5.74, 6) is -0.692. The third-order valence-corrected chi connectivity index (χ3v) is 4.72. The molecule has 0 aliphatic heterocycles. The van der Waals surface area contributed by atoms with Crippen molar-refractivity contribution in [2.24, 2.45) is 0 Å². The number of anilines is 1. The second kappa shape index (κ2) is 7.77. The maximum atomic E-state index is 12.0. The van der Waals surface area contributed by atoms with Gasteiger partial charge in [0.25, 0.3) is 0 Å². The normalized spacial score (nSPS) is 11.7. The molecule has 21 heavy (non-hydrogen) atoms. The van der Waals surface area contributed by atoms with E-state index < -0.39 is 16.0 Å². The molecule has 0 atom stereocenters. The Morgan fingerprint density at radius 1 is 1.43 bits per heavy atom. The third kappa shape index (κ3) is 6.03. The zero-order valence-electron chi connectivity index (χ0n) is 12.6. The molecule has 0 aliphatic carbocycles. The zero-order chi connectivity index (χ0) is 16.0. The zero-order valence-corrected chi connectivity index (χ0v) is 14.3. The van der Waals surface area contributed by atoms with E-state index in [0.717, 1.165) is 4.88 Å². The number of carbonyl (C=O) groups is 1. The number of thiophene rings is 1. The number of hydrogen-bond acceptors (Lipinski definition) is 6. The van der Waals surface area contributed by atoms with Gasteiger partial charge in [-0.05, 0) is 33.8 Å². The van der Waals surface area contributed by atoms with Crippen LogP contribution in [0.15, 0.2) is 6.07 Å². The standard InChI is InChI=1S/C13H21NO5S2/c1-5-18-13(15)11-8-10(4)20-12(11)14-21(16,17)7-6-19-9(2)3/h8-9,14H,5-7H2,1-4H3. The van der Waals surface area contributed by atoms with Crippen LogP contribution in [0.2, 0.25) is 0 Å². The minimum absolute atomic E-state index is 0.0284. The largest absolute Gasteiger partial charge is 0.462 e. The van der Waals surface area contributed by atoms with Crippen molar-refractivity contribution in [1.29, 1.82) is 0 Å². The Kier molecular flexibility index (Phi) is 6.63. The first-order valence-corrected chi connectivity index (χ1v) is 9.11. The van der Waals surface area contributed by atoms with Crippen LogP contribution in [-0.4, -0.2) is 39.5 Å². The van der Waals surface area contributed by atoms with Crippen molar-refractivity contribution in [3.63, 3.8) is 0 Å². The first-order chi connectivity index (χ1) is 9.75. The molecule has 0 spiro atoms. The van der Waals surface area contributed by atoms with Gasteiger partial charge in [-0.3, -0.25) is 4.72 Å². The van der Waals surface area contributed by atoms with Crippen LogP contribution in [-0.2, 0) is 19.5 Å². The van der Waals surface area contributed by atoms with Crippen molar-refractivity contribution in [2.75, 3.05) is 23.7 Å². The quantitative estimate of drug-likeness (QED) is 0.738. The van der Waals surface area contributed by atoms with E-state index in [1.165, 1.54) is 11.3 Å². The summed E-state index contributed by atoms with van der Waals surface area (Å²) in [5, 5.41) is 0.287. The molecule has 8 heteroatoms. The molecule has 0 fully saturated rings. The average molecular weight is 335 g/mol. The Hall–Kier alpha value is -1.12. The van der Waals surface area contributed by atoms with Gasteiger partial charge in [0.1, 0.15) is 5.00 Å². The van der Waals surface area contributed by atoms with Crippen molar-refractivity contribution in [3.8, 4) is 0 Å². The van der Waals surface area contributed by atoms with Gasteiger partial charge in [-0.2, -0.15) is 0 Å². The Morgan fingerprint density at radius 2 is 2.10 bits per heavy atom. The van der Waals surface area contributed by atoms with Crippen molar-refractivity contribution in [3.05, 3.63) is 16.5 Å². The van der Waals surface area contributed by atoms with E-state index in [2.05, 4.69) is 4.72 Å². The first kappa shape index (κ1) is 17.9. The molecule has 120 valence electrons. The van der Waals surface area contributed by atoms with Crippen LogP contribution < -0.4 is 4.72 Å². The number of carbonyl (C=O) groups excluding carboxylic acids is 1. The summed E-state index contributed by atoms with van der Waals surface area (Å²) in [5.41, 5.74) is 0.243. The first-order valence-electron chi connectivity index (χ1n) is 6.64. The smallest absolute Gasteiger partial charge is 0.341 e. The average Bonchev–Trinajstić information content (AvgIpc) is 2.68. The second-order valence-electron chi connectivity index (χ2n) is 4.66. The molecule has 1 aromatic rings. The molecule has 0 aromatic carbocycles. The summed E-state index contributed by atoms with van der Waals surface area (Å²) >= 11 is 1.20. The summed E-state index contributed by atoms with van der Waals surface area (Å²) in [7, 11) is -3.56. The fourth-order valence-electron chi connectivity index (χ4n) is 1.54. The third-order valence-electron chi connectivity index (χ3n) is 2.40. The van der Waals surface area contributed by atoms with Crippen LogP contribution >= 0.6 is 11.3 Å². The van der Waals surface area contributed by atoms with Gasteiger partial charge in [0.2, 0.25) is 10.0 Å². The fourth-order valence-corrected chi connectivity index (χ4v) is 3.64. The van der Waals surface area contributed by atoms with E-state index in [-0.39, 0.29) is 35.6 Å². The van der Waals surface area contributed by atoms with Gasteiger partial charge in [0.15, 0.2) is 0 Å². The Bertz CT molecular complexity index is 577. The molecule has 6 nitrogen and oxygen atoms in total. The number of sulfonamides is 1. The molecule has 0 saturated heterocycles. The van der Waals surface area contributed by atoms with Gasteiger partial charge in [0, 0.05) is 4.88 Å². The van der Waals surface area contributed by atoms with Gasteiger partial charge >= 0.3 is 5.97 Å². The molecule has 0 aliphatic rings. The molecule has 0 unspecified atom stereocenters. The van der Waals surface area contributed by atoms with E-state index in [1.807, 2.05) is 13.8 Å². The topological polar surface area (TPSA) is 81.7 Å². The minimum atomic E-state index is -3.56. The maximum absolute atomic E-state index is 12.0. The number of nitrogens with one attached hydrogen (secondary N) is 1. The lowest BCUT2D eigenvalue weighted by Crippen LogP contribution is -2.22. The molecule has 1 heterocycles. The van der Waals surface area contributed by atoms with Crippen LogP contribution in [0.1, 0.15) is 36.0 Å². The second-order valence-corrected chi connectivity index (χ2v) is 7.76. The molecular formula is C13H21NO5S2. The number of rotatable bonds is 8. The minimum Gasteiger partial charge on any atom is -0.462 e. The van der Waals surface area contributed by atoms with E-state index >= 15 is 0 Å². The highest BCUT2D eigenvalue weighted by molar-refractivity contribution is 7.92. The van der Waals surface area contributed by atoms with Crippen molar-refractivity contribution in [1.82, 2.24) is 0 Å². The molecular weight excluding hydrogens is 314 g/mol. The summed E-state index contributed by atoms with van der Waals surface area (Å²) in [6.45, 7) is 7.51. The van der Waals surface area contributed by atoms with Gasteiger partial charge < -0.3 is 9.47 Å². The predicted molar refractivity (Wildman–Crippen MR) is 83.5 cm³/mol. The van der Waals surface area contributed by atoms with Crippen LogP contribution in [0.5, 0.6) is 0 Å². The number of esters is 1. The lowest BCUT2D eigenvalue weighted by molar-refractivity contribution is 0.0528. The van der Waals surface area contributed by atoms with Crippen LogP contribution in [0.3, 0.4) is 0 Å². The Balaban J connectivity index is 2.80. The van der Waals surface area contributed by atoms with Crippen molar-refractivity contribution < 1.29 is 22.7 Å². The monoisotopic (exact) mass is 335 g/mol. The van der Waals surface area contributed by atoms with E-state index in [9.17, 15) is 13.2 Å². The molecule has 0 radical (unpaired) electrons. The number of aryl methyl sites for hydroxylation is 1. The summed E-state index contributed by atoms with van der Waals surface area (Å²) in [6.07, 6.45) is -0.0284. The molecule has 1 N–H and O–H groups in total. The Morgan fingerprint density at radius 3 is 2.67 bits per heavy atom. The van der Waals surface area contributed by atoms with Gasteiger partial charge in [-0.1, -0.05) is 0 Å². The lowest BCUT2D eigenvalue weighted by atomic mass is 10.3. The van der Waals surface area contributed by atoms with E-state index in [0.29, 0.717) is 0 Å². The predicted octanol–water partition coefficient (Wildman–Crippen LogP) is 2.40. The van der Waals surface area contributed by atoms with Crippen LogP contribution in [0, 0.1) is 6.92 Å². The van der Waals surface area contributed by atoms with E-state index in [1.54, 1.807) is 19.9 Å². The molecule has 1 rings (SSSR count). The maximum Gasteiger partial charge on any atom is 0.341 e. The van der Waals surface area contributed by atoms with Crippen molar-refractivity contribution in [2.45, 2.75) is 33.8 Å². The van der Waals surface area contributed by atoms with Crippen molar-refractivity contribution >= 4 is 32.3 Å². The number of hydrogen-bond donors (Lipinski definition) is 1. The summed E-state index contributed by atoms with van der Waals surface area (Å²) in [4.78, 5) is 12.6. The Labute approximate surface area is 129 Å². The van der Waals surface area contributed by atoms with Crippen LogP contribution in [0.4, 0.5) is 5.00 Å². The molecule has 0 bridgehead atoms. The highest BCUT2D eigenvalue weighted by atomic mass is 32.2. The fraction of sp³-hybridized carbons (Fsp3) is 0.615. The highest BCUT2D eigenvalue weighted by Crippen LogP contribution is 2.29. The van der Waals surface area contributed by atoms with Gasteiger partial charge in [-0.15, -0.1) is 11.3 Å². The molecule has 1 aromatic heterocycles. The summed E-state index contributed by atoms with van der Waals surface area (Å²) < 4.78 is 36.6. The summed E-state index contributed by atoms with van der Waals surface area (Å²) in [6, 6.07) is 1.62. The van der Waals surface area contributed by atoms with Gasteiger partial charge in [-0.25, -0.2) is 13.2 Å². The number of ether oxygens (including phenoxy) is 2.